The Kier molecular flexibility index (Phi) is 7.12. The first-order valence-electron chi connectivity index (χ1n) is 12.2. The Balaban J connectivity index is 1.36. The maximum Gasteiger partial charge on any atom is 0.522 e. The Morgan fingerprint density at radius 3 is 2.50 bits per heavy atom. The predicted octanol–water partition coefficient (Wildman–Crippen LogP) is 4.82. The number of likely N-dealkylation sites (tertiary alicyclic amines) is 1. The average molecular weight is 458 g/mol. The van der Waals surface area contributed by atoms with E-state index in [2.05, 4.69) is 35.6 Å². The quantitative estimate of drug-likeness (QED) is 0.622. The second kappa shape index (κ2) is 9.40. The van der Waals surface area contributed by atoms with Gasteiger partial charge in [0.15, 0.2) is 0 Å². The fourth-order valence-electron chi connectivity index (χ4n) is 7.21. The molecular weight excluding hydrogens is 419 g/mol. The summed E-state index contributed by atoms with van der Waals surface area (Å²) in [6, 6.07) is 0. The highest BCUT2D eigenvalue weighted by Gasteiger charge is 2.51. The van der Waals surface area contributed by atoms with Crippen molar-refractivity contribution in [1.29, 1.82) is 0 Å². The van der Waals surface area contributed by atoms with E-state index in [9.17, 15) is 23.4 Å². The Hall–Kier alpha value is -0.890. The van der Waals surface area contributed by atoms with Crippen molar-refractivity contribution in [2.75, 3.05) is 19.6 Å². The highest BCUT2D eigenvalue weighted by Crippen LogP contribution is 2.59. The minimum atomic E-state index is -4.54. The van der Waals surface area contributed by atoms with Crippen molar-refractivity contribution >= 4 is 0 Å². The molecule has 1 aliphatic heterocycles. The number of fused-ring (bicyclic) bond motifs is 1. The number of alkyl halides is 3. The molecular formula is C25H38F3NO3. The number of hydrogen-bond donors (Lipinski definition) is 2. The van der Waals surface area contributed by atoms with E-state index in [0.29, 0.717) is 50.1 Å². The summed E-state index contributed by atoms with van der Waals surface area (Å²) in [7, 11) is 0. The van der Waals surface area contributed by atoms with Crippen molar-refractivity contribution in [3.63, 3.8) is 0 Å². The third-order valence-electron chi connectivity index (χ3n) is 8.57. The van der Waals surface area contributed by atoms with Gasteiger partial charge in [-0.25, -0.2) is 0 Å². The summed E-state index contributed by atoms with van der Waals surface area (Å²) in [6.07, 6.45) is 5.86. The minimum Gasteiger partial charge on any atom is -0.393 e. The summed E-state index contributed by atoms with van der Waals surface area (Å²) in [6.45, 7) is 6.26. The van der Waals surface area contributed by atoms with Gasteiger partial charge in [0.05, 0.1) is 18.3 Å². The zero-order chi connectivity index (χ0) is 23.1. The second-order valence-electron chi connectivity index (χ2n) is 11.0. The van der Waals surface area contributed by atoms with Crippen LogP contribution in [0.25, 0.3) is 0 Å². The number of allylic oxidation sites excluding steroid dienone is 3. The van der Waals surface area contributed by atoms with Gasteiger partial charge in [-0.2, -0.15) is 0 Å². The Morgan fingerprint density at radius 1 is 1.16 bits per heavy atom. The number of aliphatic hydroxyl groups excluding tert-OH is 2. The highest BCUT2D eigenvalue weighted by atomic mass is 19.4. The standard InChI is InChI=1S/C25H38F3NO3/c1-16(13-29-14-21(15-29)32-25(26,27)28)22-7-8-23-18(4-3-9-24(22,23)2)6-5-17-10-19(30)12-20(31)11-17/h5-6,16,19-23,30-31H,3-4,7-15H2,1-2H3/b18-6+/t16-,19-,20-,22-,23+,24-/m1/s1. The van der Waals surface area contributed by atoms with E-state index in [4.69, 9.17) is 0 Å². The number of halogens is 3. The molecule has 7 heteroatoms. The predicted molar refractivity (Wildman–Crippen MR) is 117 cm³/mol. The molecule has 4 aliphatic rings. The number of nitrogens with zero attached hydrogens (tertiary/aromatic N) is 1. The zero-order valence-corrected chi connectivity index (χ0v) is 19.3. The lowest BCUT2D eigenvalue weighted by Gasteiger charge is -2.47. The van der Waals surface area contributed by atoms with E-state index in [0.717, 1.165) is 18.5 Å². The highest BCUT2D eigenvalue weighted by molar-refractivity contribution is 5.26. The molecule has 0 unspecified atom stereocenters. The molecule has 0 aromatic carbocycles. The van der Waals surface area contributed by atoms with Crippen molar-refractivity contribution in [3.05, 3.63) is 23.3 Å². The van der Waals surface area contributed by atoms with Crippen molar-refractivity contribution in [3.8, 4) is 0 Å². The monoisotopic (exact) mass is 457 g/mol. The van der Waals surface area contributed by atoms with Crippen LogP contribution in [0.15, 0.2) is 23.3 Å². The van der Waals surface area contributed by atoms with Gasteiger partial charge in [-0.3, -0.25) is 9.64 Å². The van der Waals surface area contributed by atoms with Crippen molar-refractivity contribution in [2.24, 2.45) is 23.2 Å². The van der Waals surface area contributed by atoms with Gasteiger partial charge in [0, 0.05) is 19.6 Å². The van der Waals surface area contributed by atoms with Crippen LogP contribution in [0, 0.1) is 23.2 Å². The first-order chi connectivity index (χ1) is 15.0. The third-order valence-corrected chi connectivity index (χ3v) is 8.57. The zero-order valence-electron chi connectivity index (χ0n) is 19.3. The van der Waals surface area contributed by atoms with Gasteiger partial charge in [-0.1, -0.05) is 37.1 Å². The summed E-state index contributed by atoms with van der Waals surface area (Å²) in [4.78, 5) is 2.10. The molecule has 32 heavy (non-hydrogen) atoms. The lowest BCUT2D eigenvalue weighted by molar-refractivity contribution is -0.354. The summed E-state index contributed by atoms with van der Waals surface area (Å²) in [5, 5.41) is 19.9. The first-order valence-corrected chi connectivity index (χ1v) is 12.2. The van der Waals surface area contributed by atoms with Gasteiger partial charge in [-0.05, 0) is 74.5 Å². The van der Waals surface area contributed by atoms with Gasteiger partial charge in [0.1, 0.15) is 0 Å². The summed E-state index contributed by atoms with van der Waals surface area (Å²) < 4.78 is 41.3. The molecule has 4 nitrogen and oxygen atoms in total. The molecule has 0 aromatic heterocycles. The van der Waals surface area contributed by atoms with Gasteiger partial charge in [0.25, 0.3) is 0 Å². The average Bonchev–Trinajstić information content (AvgIpc) is 3.00. The molecule has 3 aliphatic carbocycles. The molecule has 4 rings (SSSR count). The molecule has 1 saturated heterocycles. The molecule has 182 valence electrons. The van der Waals surface area contributed by atoms with Crippen LogP contribution in [0.1, 0.15) is 65.2 Å². The molecule has 0 spiro atoms. The lowest BCUT2D eigenvalue weighted by atomic mass is 9.61. The fourth-order valence-corrected chi connectivity index (χ4v) is 7.21. The maximum atomic E-state index is 12.4. The van der Waals surface area contributed by atoms with E-state index < -0.39 is 24.7 Å². The number of ether oxygens (including phenoxy) is 1. The van der Waals surface area contributed by atoms with Gasteiger partial charge in [-0.15, -0.1) is 13.2 Å². The van der Waals surface area contributed by atoms with Crippen LogP contribution in [0.5, 0.6) is 0 Å². The molecule has 3 saturated carbocycles. The SMILES string of the molecule is C[C@H](CN1CC(OC(F)(F)F)C1)[C@H]1CC[C@H]2/C(=C/C=C3C[C@@H](O)C[C@H](O)C3)CCC[C@]12C. The van der Waals surface area contributed by atoms with Crippen molar-refractivity contribution in [2.45, 2.75) is 89.9 Å². The van der Waals surface area contributed by atoms with Gasteiger partial charge >= 0.3 is 6.36 Å². The van der Waals surface area contributed by atoms with Crippen LogP contribution < -0.4 is 0 Å². The number of hydrogen-bond acceptors (Lipinski definition) is 4. The molecule has 0 bridgehead atoms. The maximum absolute atomic E-state index is 12.4. The summed E-state index contributed by atoms with van der Waals surface area (Å²) in [5.74, 6) is 1.57. The molecule has 4 fully saturated rings. The van der Waals surface area contributed by atoms with E-state index in [-0.39, 0.29) is 5.41 Å². The Bertz CT molecular complexity index is 718. The Morgan fingerprint density at radius 2 is 1.84 bits per heavy atom. The van der Waals surface area contributed by atoms with Crippen LogP contribution in [0.3, 0.4) is 0 Å². The molecule has 2 N–H and O–H groups in total. The van der Waals surface area contributed by atoms with E-state index in [1.54, 1.807) is 0 Å². The third kappa shape index (κ3) is 5.43. The van der Waals surface area contributed by atoms with Crippen LogP contribution in [0.2, 0.25) is 0 Å². The van der Waals surface area contributed by atoms with E-state index >= 15 is 0 Å². The fraction of sp³-hybridized carbons (Fsp3) is 0.840. The van der Waals surface area contributed by atoms with Gasteiger partial charge < -0.3 is 10.2 Å². The topological polar surface area (TPSA) is 52.9 Å². The van der Waals surface area contributed by atoms with Crippen molar-refractivity contribution < 1.29 is 28.1 Å². The largest absolute Gasteiger partial charge is 0.522 e. The van der Waals surface area contributed by atoms with E-state index in [1.807, 2.05) is 0 Å². The summed E-state index contributed by atoms with van der Waals surface area (Å²) in [5.41, 5.74) is 2.87. The number of rotatable bonds is 5. The van der Waals surface area contributed by atoms with Crippen molar-refractivity contribution in [1.82, 2.24) is 4.90 Å². The molecule has 6 atom stereocenters. The molecule has 0 aromatic rings. The Labute approximate surface area is 189 Å². The molecule has 1 heterocycles. The van der Waals surface area contributed by atoms with E-state index in [1.165, 1.54) is 31.3 Å². The minimum absolute atomic E-state index is 0.236. The van der Waals surface area contributed by atoms with Gasteiger partial charge in [0.2, 0.25) is 0 Å². The number of aliphatic hydroxyl groups is 2. The van der Waals surface area contributed by atoms with Crippen LogP contribution >= 0.6 is 0 Å². The lowest BCUT2D eigenvalue weighted by Crippen LogP contribution is -2.55. The second-order valence-corrected chi connectivity index (χ2v) is 11.0. The molecule has 0 amide bonds. The smallest absolute Gasteiger partial charge is 0.393 e. The van der Waals surface area contributed by atoms with Crippen LogP contribution in [0.4, 0.5) is 13.2 Å². The first kappa shape index (κ1) is 24.2. The molecule has 0 radical (unpaired) electrons. The van der Waals surface area contributed by atoms with Crippen LogP contribution in [-0.2, 0) is 4.74 Å². The van der Waals surface area contributed by atoms with Crippen LogP contribution in [-0.4, -0.2) is 59.4 Å². The summed E-state index contributed by atoms with van der Waals surface area (Å²) >= 11 is 0. The normalized spacial score (nSPS) is 39.1.